The van der Waals surface area contributed by atoms with Gasteiger partial charge in [0.25, 0.3) is 0 Å². The summed E-state index contributed by atoms with van der Waals surface area (Å²) in [5.74, 6) is 1.20. The molecule has 4 aromatic rings. The molecule has 1 aliphatic carbocycles. The summed E-state index contributed by atoms with van der Waals surface area (Å²) in [6.45, 7) is 5.25. The number of benzene rings is 2. The summed E-state index contributed by atoms with van der Waals surface area (Å²) in [7, 11) is 0. The summed E-state index contributed by atoms with van der Waals surface area (Å²) in [5.41, 5.74) is 12.1. The second-order valence-electron chi connectivity index (χ2n) is 8.98. The van der Waals surface area contributed by atoms with Gasteiger partial charge in [0.2, 0.25) is 5.88 Å². The van der Waals surface area contributed by atoms with Gasteiger partial charge in [0.05, 0.1) is 18.9 Å². The van der Waals surface area contributed by atoms with E-state index in [1.165, 1.54) is 12.0 Å². The topological polar surface area (TPSA) is 74.7 Å². The zero-order valence-corrected chi connectivity index (χ0v) is 20.0. The third-order valence-corrected chi connectivity index (χ3v) is 6.60. The molecule has 34 heavy (non-hydrogen) atoms. The highest BCUT2D eigenvalue weighted by atomic mass is 16.5. The number of unbranched alkanes of at least 4 members (excludes halogenated alkanes) is 1. The highest BCUT2D eigenvalue weighted by Crippen LogP contribution is 2.40. The number of nitrogens with two attached hydrogens (primary N) is 1. The Morgan fingerprint density at radius 1 is 0.971 bits per heavy atom. The van der Waals surface area contributed by atoms with Crippen LogP contribution < -0.4 is 15.2 Å². The Balaban J connectivity index is 1.68. The van der Waals surface area contributed by atoms with Crippen LogP contribution in [0.1, 0.15) is 51.5 Å². The first kappa shape index (κ1) is 22.4. The molecule has 5 rings (SSSR count). The van der Waals surface area contributed by atoms with Crippen molar-refractivity contribution < 1.29 is 9.47 Å². The highest BCUT2D eigenvalue weighted by Gasteiger charge is 2.34. The van der Waals surface area contributed by atoms with E-state index in [9.17, 15) is 0 Å². The number of imidazole rings is 1. The molecule has 6 heteroatoms. The fourth-order valence-corrected chi connectivity index (χ4v) is 4.49. The Morgan fingerprint density at radius 3 is 2.38 bits per heavy atom. The molecule has 176 valence electrons. The largest absolute Gasteiger partial charge is 0.489 e. The van der Waals surface area contributed by atoms with Crippen LogP contribution >= 0.6 is 0 Å². The molecule has 2 N–H and O–H groups in total. The van der Waals surface area contributed by atoms with E-state index < -0.39 is 0 Å². The van der Waals surface area contributed by atoms with Crippen LogP contribution in [0.2, 0.25) is 0 Å². The Kier molecular flexibility index (Phi) is 6.24. The lowest BCUT2D eigenvalue weighted by Crippen LogP contribution is -2.43. The summed E-state index contributed by atoms with van der Waals surface area (Å²) in [6.07, 6.45) is 5.30. The molecule has 2 heterocycles. The van der Waals surface area contributed by atoms with E-state index in [-0.39, 0.29) is 5.54 Å². The Morgan fingerprint density at radius 2 is 1.74 bits per heavy atom. The number of ether oxygens (including phenoxy) is 2. The van der Waals surface area contributed by atoms with E-state index in [2.05, 4.69) is 43.3 Å². The van der Waals surface area contributed by atoms with Crippen LogP contribution in [0.5, 0.6) is 11.6 Å². The van der Waals surface area contributed by atoms with Gasteiger partial charge >= 0.3 is 0 Å². The third-order valence-electron chi connectivity index (χ3n) is 6.60. The van der Waals surface area contributed by atoms with Gasteiger partial charge in [-0.25, -0.2) is 9.50 Å². The van der Waals surface area contributed by atoms with Crippen LogP contribution in [-0.4, -0.2) is 27.8 Å². The Bertz CT molecular complexity index is 1260. The molecule has 2 aromatic heterocycles. The van der Waals surface area contributed by atoms with Crippen LogP contribution in [0.3, 0.4) is 0 Å². The average molecular weight is 457 g/mol. The van der Waals surface area contributed by atoms with Gasteiger partial charge in [-0.1, -0.05) is 67.9 Å². The molecule has 0 aliphatic heterocycles. The van der Waals surface area contributed by atoms with Crippen molar-refractivity contribution in [2.24, 2.45) is 5.73 Å². The summed E-state index contributed by atoms with van der Waals surface area (Å²) < 4.78 is 13.8. The van der Waals surface area contributed by atoms with Crippen LogP contribution in [-0.2, 0) is 5.54 Å². The second-order valence-corrected chi connectivity index (χ2v) is 8.98. The molecule has 6 nitrogen and oxygen atoms in total. The summed E-state index contributed by atoms with van der Waals surface area (Å²) in [6, 6.07) is 20.6. The normalized spacial score (nSPS) is 14.7. The number of hydrogen-bond acceptors (Lipinski definition) is 5. The van der Waals surface area contributed by atoms with Crippen molar-refractivity contribution in [3.05, 3.63) is 66.2 Å². The monoisotopic (exact) mass is 456 g/mol. The summed E-state index contributed by atoms with van der Waals surface area (Å²) in [5, 5.41) is 4.79. The molecule has 0 amide bonds. The van der Waals surface area contributed by atoms with Gasteiger partial charge in [-0.05, 0) is 38.2 Å². The molecule has 0 unspecified atom stereocenters. The zero-order valence-electron chi connectivity index (χ0n) is 20.0. The third kappa shape index (κ3) is 4.14. The molecule has 1 fully saturated rings. The molecule has 0 atom stereocenters. The molecule has 1 aliphatic rings. The van der Waals surface area contributed by atoms with Gasteiger partial charge in [0.1, 0.15) is 5.69 Å². The quantitative estimate of drug-likeness (QED) is 0.314. The first-order valence-corrected chi connectivity index (χ1v) is 12.3. The molecule has 0 saturated heterocycles. The maximum atomic E-state index is 6.56. The number of aromatic nitrogens is 3. The van der Waals surface area contributed by atoms with Gasteiger partial charge in [0.15, 0.2) is 11.4 Å². The van der Waals surface area contributed by atoms with Crippen molar-refractivity contribution in [3.63, 3.8) is 0 Å². The molecule has 1 saturated carbocycles. The Hall–Kier alpha value is -3.38. The van der Waals surface area contributed by atoms with Crippen LogP contribution in [0.4, 0.5) is 0 Å². The van der Waals surface area contributed by atoms with E-state index in [0.717, 1.165) is 48.2 Å². The maximum absolute atomic E-state index is 6.56. The van der Waals surface area contributed by atoms with Crippen molar-refractivity contribution in [3.8, 4) is 34.1 Å². The first-order valence-electron chi connectivity index (χ1n) is 12.3. The fraction of sp³-hybridized carbons (Fsp3) is 0.357. The maximum Gasteiger partial charge on any atom is 0.235 e. The average Bonchev–Trinajstić information content (AvgIpc) is 3.23. The van der Waals surface area contributed by atoms with Gasteiger partial charge in [-0.3, -0.25) is 0 Å². The van der Waals surface area contributed by atoms with E-state index in [1.807, 2.05) is 35.7 Å². The minimum atomic E-state index is -0.187. The fourth-order valence-electron chi connectivity index (χ4n) is 4.49. The van der Waals surface area contributed by atoms with E-state index >= 15 is 0 Å². The number of fused-ring (bicyclic) bond motifs is 1. The predicted octanol–water partition coefficient (Wildman–Crippen LogP) is 5.98. The molecule has 2 aromatic carbocycles. The Labute approximate surface area is 200 Å². The smallest absolute Gasteiger partial charge is 0.235 e. The molecule has 0 spiro atoms. The minimum absolute atomic E-state index is 0.187. The van der Waals surface area contributed by atoms with Crippen molar-refractivity contribution in [1.29, 1.82) is 0 Å². The predicted molar refractivity (Wildman–Crippen MR) is 135 cm³/mol. The SMILES string of the molecule is CCCCOc1cc(OCC)nn2c(-c3ccccc3)c(-c3ccc(C4(N)CCC4)cc3)nc12. The number of hydrogen-bond donors (Lipinski definition) is 1. The lowest BCUT2D eigenvalue weighted by molar-refractivity contribution is 0.253. The van der Waals surface area contributed by atoms with Gasteiger partial charge in [-0.15, -0.1) is 5.10 Å². The second kappa shape index (κ2) is 9.47. The first-order chi connectivity index (χ1) is 16.6. The van der Waals surface area contributed by atoms with Crippen LogP contribution in [0.25, 0.3) is 28.2 Å². The molecular formula is C28H32N4O2. The number of rotatable bonds is 9. The number of nitrogens with zero attached hydrogens (tertiary/aromatic N) is 3. The molecular weight excluding hydrogens is 424 g/mol. The van der Waals surface area contributed by atoms with Crippen molar-refractivity contribution in [2.45, 2.75) is 51.5 Å². The summed E-state index contributed by atoms with van der Waals surface area (Å²) >= 11 is 0. The van der Waals surface area contributed by atoms with E-state index in [1.54, 1.807) is 0 Å². The lowest BCUT2D eigenvalue weighted by atomic mass is 9.72. The van der Waals surface area contributed by atoms with E-state index in [4.69, 9.17) is 25.3 Å². The van der Waals surface area contributed by atoms with Crippen molar-refractivity contribution in [2.75, 3.05) is 13.2 Å². The van der Waals surface area contributed by atoms with Gasteiger partial charge in [-0.2, -0.15) is 0 Å². The van der Waals surface area contributed by atoms with Crippen LogP contribution in [0, 0.1) is 0 Å². The minimum Gasteiger partial charge on any atom is -0.489 e. The van der Waals surface area contributed by atoms with Crippen molar-refractivity contribution in [1.82, 2.24) is 14.6 Å². The standard InChI is InChI=1S/C28H32N4O2/c1-3-5-18-34-23-19-24(33-4-2)31-32-26(21-10-7-6-8-11-21)25(30-27(23)32)20-12-14-22(15-13-20)28(29)16-9-17-28/h6-8,10-15,19H,3-5,9,16-18,29H2,1-2H3. The van der Waals surface area contributed by atoms with E-state index in [0.29, 0.717) is 30.5 Å². The van der Waals surface area contributed by atoms with Crippen molar-refractivity contribution >= 4 is 5.65 Å². The van der Waals surface area contributed by atoms with Crippen LogP contribution in [0.15, 0.2) is 60.7 Å². The zero-order chi connectivity index (χ0) is 23.5. The van der Waals surface area contributed by atoms with Gasteiger partial charge in [0, 0.05) is 22.7 Å². The van der Waals surface area contributed by atoms with Gasteiger partial charge < -0.3 is 15.2 Å². The molecule has 0 radical (unpaired) electrons. The highest BCUT2D eigenvalue weighted by molar-refractivity contribution is 5.83. The summed E-state index contributed by atoms with van der Waals surface area (Å²) in [4.78, 5) is 5.05. The lowest BCUT2D eigenvalue weighted by Gasteiger charge is -2.38. The molecule has 0 bridgehead atoms.